The van der Waals surface area contributed by atoms with E-state index >= 15 is 0 Å². The summed E-state index contributed by atoms with van der Waals surface area (Å²) in [4.78, 5) is 0. The molecule has 1 aromatic heterocycles. The summed E-state index contributed by atoms with van der Waals surface area (Å²) < 4.78 is 21.1. The van der Waals surface area contributed by atoms with Crippen LogP contribution in [0.25, 0.3) is 0 Å². The van der Waals surface area contributed by atoms with E-state index in [1.165, 1.54) is 6.07 Å². The van der Waals surface area contributed by atoms with Crippen LogP contribution < -0.4 is 10.1 Å². The Labute approximate surface area is 122 Å². The molecule has 0 radical (unpaired) electrons. The first-order valence-electron chi connectivity index (χ1n) is 6.27. The lowest BCUT2D eigenvalue weighted by Crippen LogP contribution is -2.09. The summed E-state index contributed by atoms with van der Waals surface area (Å²) in [7, 11) is 3.56. The van der Waals surface area contributed by atoms with Gasteiger partial charge >= 0.3 is 0 Å². The van der Waals surface area contributed by atoms with E-state index in [9.17, 15) is 4.39 Å². The van der Waals surface area contributed by atoms with E-state index in [-0.39, 0.29) is 18.2 Å². The molecule has 0 aliphatic rings. The van der Waals surface area contributed by atoms with Gasteiger partial charge in [0.2, 0.25) is 0 Å². The van der Waals surface area contributed by atoms with Crippen molar-refractivity contribution >= 4 is 11.6 Å². The molecule has 4 nitrogen and oxygen atoms in total. The number of nitrogens with zero attached hydrogens (tertiary/aromatic N) is 2. The van der Waals surface area contributed by atoms with Crippen LogP contribution in [0.15, 0.2) is 18.2 Å². The van der Waals surface area contributed by atoms with Crippen molar-refractivity contribution in [2.24, 2.45) is 7.05 Å². The zero-order valence-corrected chi connectivity index (χ0v) is 12.5. The summed E-state index contributed by atoms with van der Waals surface area (Å²) in [6.07, 6.45) is 0. The monoisotopic (exact) mass is 297 g/mol. The fraction of sp³-hybridized carbons (Fsp3) is 0.357. The number of rotatable bonds is 5. The molecule has 1 aromatic carbocycles. The third kappa shape index (κ3) is 2.94. The molecule has 2 aromatic rings. The SMILES string of the molecule is CNCc1cccc(F)c1OCc1c(C)nn(C)c1Cl. The Morgan fingerprint density at radius 2 is 2.20 bits per heavy atom. The molecule has 0 spiro atoms. The molecule has 20 heavy (non-hydrogen) atoms. The van der Waals surface area contributed by atoms with Crippen LogP contribution in [-0.4, -0.2) is 16.8 Å². The Bertz CT molecular complexity index is 613. The van der Waals surface area contributed by atoms with E-state index in [1.807, 2.05) is 13.0 Å². The highest BCUT2D eigenvalue weighted by Crippen LogP contribution is 2.26. The van der Waals surface area contributed by atoms with Gasteiger partial charge in [0.1, 0.15) is 11.8 Å². The largest absolute Gasteiger partial charge is 0.485 e. The summed E-state index contributed by atoms with van der Waals surface area (Å²) in [5.74, 6) is -0.128. The lowest BCUT2D eigenvalue weighted by Gasteiger charge is -2.12. The molecule has 6 heteroatoms. The number of para-hydroxylation sites is 1. The van der Waals surface area contributed by atoms with Gasteiger partial charge in [0.05, 0.1) is 5.69 Å². The van der Waals surface area contributed by atoms with Gasteiger partial charge in [-0.2, -0.15) is 5.10 Å². The second kappa shape index (κ2) is 6.24. The predicted octanol–water partition coefficient (Wildman–Crippen LogP) is 2.82. The van der Waals surface area contributed by atoms with Crippen LogP contribution in [0.2, 0.25) is 5.15 Å². The van der Waals surface area contributed by atoms with E-state index in [0.29, 0.717) is 11.7 Å². The molecule has 0 saturated carbocycles. The summed E-state index contributed by atoms with van der Waals surface area (Å²) in [6, 6.07) is 4.87. The Balaban J connectivity index is 2.22. The Morgan fingerprint density at radius 1 is 1.45 bits per heavy atom. The van der Waals surface area contributed by atoms with Crippen LogP contribution in [0.4, 0.5) is 4.39 Å². The van der Waals surface area contributed by atoms with Crippen molar-refractivity contribution in [2.45, 2.75) is 20.1 Å². The van der Waals surface area contributed by atoms with Gasteiger partial charge in [0.25, 0.3) is 0 Å². The van der Waals surface area contributed by atoms with E-state index in [1.54, 1.807) is 24.8 Å². The van der Waals surface area contributed by atoms with Gasteiger partial charge in [-0.05, 0) is 20.0 Å². The maximum absolute atomic E-state index is 13.9. The van der Waals surface area contributed by atoms with Crippen molar-refractivity contribution in [3.05, 3.63) is 46.0 Å². The smallest absolute Gasteiger partial charge is 0.165 e. The van der Waals surface area contributed by atoms with E-state index in [0.717, 1.165) is 16.8 Å². The average Bonchev–Trinajstić information content (AvgIpc) is 2.64. The van der Waals surface area contributed by atoms with Crippen LogP contribution >= 0.6 is 11.6 Å². The second-order valence-electron chi connectivity index (χ2n) is 4.53. The molecule has 1 heterocycles. The molecule has 0 unspecified atom stereocenters. The van der Waals surface area contributed by atoms with Crippen molar-refractivity contribution in [3.63, 3.8) is 0 Å². The molecule has 0 amide bonds. The molecule has 0 atom stereocenters. The topological polar surface area (TPSA) is 39.1 Å². The van der Waals surface area contributed by atoms with Gasteiger partial charge in [-0.1, -0.05) is 23.7 Å². The van der Waals surface area contributed by atoms with Gasteiger partial charge in [0.15, 0.2) is 11.6 Å². The number of aromatic nitrogens is 2. The third-order valence-corrected chi connectivity index (χ3v) is 3.52. The van der Waals surface area contributed by atoms with Gasteiger partial charge < -0.3 is 10.1 Å². The molecule has 0 fully saturated rings. The number of benzene rings is 1. The summed E-state index contributed by atoms with van der Waals surface area (Å²) in [5.41, 5.74) is 2.32. The molecule has 0 saturated heterocycles. The minimum Gasteiger partial charge on any atom is -0.485 e. The highest BCUT2D eigenvalue weighted by Gasteiger charge is 2.14. The molecule has 2 rings (SSSR count). The predicted molar refractivity (Wildman–Crippen MR) is 76.5 cm³/mol. The van der Waals surface area contributed by atoms with Crippen LogP contribution in [0.5, 0.6) is 5.75 Å². The highest BCUT2D eigenvalue weighted by atomic mass is 35.5. The maximum Gasteiger partial charge on any atom is 0.165 e. The van der Waals surface area contributed by atoms with E-state index in [4.69, 9.17) is 16.3 Å². The van der Waals surface area contributed by atoms with Gasteiger partial charge in [-0.3, -0.25) is 4.68 Å². The molecule has 1 N–H and O–H groups in total. The van der Waals surface area contributed by atoms with Gasteiger partial charge in [-0.15, -0.1) is 0 Å². The minimum absolute atomic E-state index is 0.191. The molecule has 0 aliphatic carbocycles. The van der Waals surface area contributed by atoms with Crippen LogP contribution in [0, 0.1) is 12.7 Å². The number of hydrogen-bond acceptors (Lipinski definition) is 3. The molecule has 0 aliphatic heterocycles. The molecular formula is C14H17ClFN3O. The fourth-order valence-electron chi connectivity index (χ4n) is 2.03. The Kier molecular flexibility index (Phi) is 4.62. The Morgan fingerprint density at radius 3 is 2.80 bits per heavy atom. The van der Waals surface area contributed by atoms with Crippen LogP contribution in [0.3, 0.4) is 0 Å². The normalized spacial score (nSPS) is 10.8. The highest BCUT2D eigenvalue weighted by molar-refractivity contribution is 6.30. The Hall–Kier alpha value is -1.59. The lowest BCUT2D eigenvalue weighted by molar-refractivity contribution is 0.285. The second-order valence-corrected chi connectivity index (χ2v) is 4.88. The molecule has 0 bridgehead atoms. The molecule has 108 valence electrons. The number of ether oxygens (including phenoxy) is 1. The van der Waals surface area contributed by atoms with Crippen molar-refractivity contribution in [2.75, 3.05) is 7.05 Å². The van der Waals surface area contributed by atoms with Crippen LogP contribution in [-0.2, 0) is 20.2 Å². The first-order valence-corrected chi connectivity index (χ1v) is 6.65. The maximum atomic E-state index is 13.9. The van der Waals surface area contributed by atoms with Gasteiger partial charge in [0, 0.05) is 24.7 Å². The summed E-state index contributed by atoms with van der Waals surface area (Å²) >= 11 is 6.14. The number of hydrogen-bond donors (Lipinski definition) is 1. The third-order valence-electron chi connectivity index (χ3n) is 3.05. The standard InChI is InChI=1S/C14H17ClFN3O/c1-9-11(14(15)19(3)18-9)8-20-13-10(7-17-2)5-4-6-12(13)16/h4-6,17H,7-8H2,1-3H3. The number of aryl methyl sites for hydroxylation is 2. The van der Waals surface area contributed by atoms with Crippen molar-refractivity contribution in [1.29, 1.82) is 0 Å². The number of nitrogens with one attached hydrogen (secondary N) is 1. The van der Waals surface area contributed by atoms with Crippen molar-refractivity contribution in [3.8, 4) is 5.75 Å². The van der Waals surface area contributed by atoms with Crippen molar-refractivity contribution < 1.29 is 9.13 Å². The first kappa shape index (κ1) is 14.8. The summed E-state index contributed by atoms with van der Waals surface area (Å²) in [5, 5.41) is 7.70. The fourth-order valence-corrected chi connectivity index (χ4v) is 2.26. The number of halogens is 2. The first-order chi connectivity index (χ1) is 9.54. The van der Waals surface area contributed by atoms with E-state index in [2.05, 4.69) is 10.4 Å². The minimum atomic E-state index is -0.379. The zero-order chi connectivity index (χ0) is 14.7. The average molecular weight is 298 g/mol. The van der Waals surface area contributed by atoms with Crippen molar-refractivity contribution in [1.82, 2.24) is 15.1 Å². The van der Waals surface area contributed by atoms with E-state index < -0.39 is 0 Å². The van der Waals surface area contributed by atoms with Gasteiger partial charge in [-0.25, -0.2) is 4.39 Å². The summed E-state index contributed by atoms with van der Waals surface area (Å²) in [6.45, 7) is 2.57. The quantitative estimate of drug-likeness (QED) is 0.922. The molecular weight excluding hydrogens is 281 g/mol. The van der Waals surface area contributed by atoms with Crippen LogP contribution in [0.1, 0.15) is 16.8 Å². The zero-order valence-electron chi connectivity index (χ0n) is 11.7. The lowest BCUT2D eigenvalue weighted by atomic mass is 10.2.